The Bertz CT molecular complexity index is 881. The van der Waals surface area contributed by atoms with Crippen molar-refractivity contribution in [1.29, 1.82) is 0 Å². The molecule has 1 aliphatic heterocycles. The van der Waals surface area contributed by atoms with Gasteiger partial charge >= 0.3 is 5.97 Å². The zero-order valence-corrected chi connectivity index (χ0v) is 18.8. The minimum absolute atomic E-state index is 0.0771. The standard InChI is InChI=1S/C25H31NO6/c1-25(2,32-21-13-11-20(29-3)12-14-21)24-30-17-19(8-5-4-6-10-22(27)28)23(31-24)18-9-7-15-26-16-18/h4-5,7,9,11-16,19,23-24H,6,8,10,17H2,1-3H3,(H,27,28)/b5-4-. The van der Waals surface area contributed by atoms with E-state index in [1.54, 1.807) is 13.3 Å². The van der Waals surface area contributed by atoms with Crippen molar-refractivity contribution in [3.05, 3.63) is 66.5 Å². The van der Waals surface area contributed by atoms with Gasteiger partial charge in [-0.1, -0.05) is 18.2 Å². The molecule has 0 aliphatic carbocycles. The Labute approximate surface area is 189 Å². The van der Waals surface area contributed by atoms with E-state index in [2.05, 4.69) is 4.98 Å². The number of allylic oxidation sites excluding steroid dienone is 2. The van der Waals surface area contributed by atoms with Crippen LogP contribution in [0.1, 0.15) is 44.8 Å². The van der Waals surface area contributed by atoms with Gasteiger partial charge in [0, 0.05) is 24.7 Å². The molecule has 172 valence electrons. The number of carbonyl (C=O) groups is 1. The van der Waals surface area contributed by atoms with Gasteiger partial charge in [0.1, 0.15) is 11.5 Å². The lowest BCUT2D eigenvalue weighted by atomic mass is 9.92. The molecular formula is C25H31NO6. The molecule has 32 heavy (non-hydrogen) atoms. The molecule has 0 amide bonds. The van der Waals surface area contributed by atoms with E-state index < -0.39 is 17.9 Å². The molecule has 3 atom stereocenters. The number of aliphatic carboxylic acids is 1. The fourth-order valence-corrected chi connectivity index (χ4v) is 3.62. The number of benzene rings is 1. The number of ether oxygens (including phenoxy) is 4. The van der Waals surface area contributed by atoms with Gasteiger partial charge in [-0.25, -0.2) is 0 Å². The van der Waals surface area contributed by atoms with Crippen molar-refractivity contribution in [2.75, 3.05) is 13.7 Å². The Morgan fingerprint density at radius 3 is 2.62 bits per heavy atom. The Morgan fingerprint density at radius 1 is 1.22 bits per heavy atom. The van der Waals surface area contributed by atoms with Crippen LogP contribution >= 0.6 is 0 Å². The number of aromatic nitrogens is 1. The van der Waals surface area contributed by atoms with E-state index in [0.29, 0.717) is 25.2 Å². The van der Waals surface area contributed by atoms with Gasteiger partial charge in [-0.3, -0.25) is 9.78 Å². The van der Waals surface area contributed by atoms with E-state index in [1.165, 1.54) is 0 Å². The Kier molecular flexibility index (Phi) is 8.25. The zero-order chi connectivity index (χ0) is 23.0. The fourth-order valence-electron chi connectivity index (χ4n) is 3.62. The molecule has 1 N–H and O–H groups in total. The van der Waals surface area contributed by atoms with Crippen LogP contribution in [0.25, 0.3) is 0 Å². The van der Waals surface area contributed by atoms with E-state index in [1.807, 2.05) is 68.6 Å². The summed E-state index contributed by atoms with van der Waals surface area (Å²) in [4.78, 5) is 14.9. The van der Waals surface area contributed by atoms with Crippen molar-refractivity contribution < 1.29 is 28.8 Å². The lowest BCUT2D eigenvalue weighted by Gasteiger charge is -2.42. The minimum Gasteiger partial charge on any atom is -0.497 e. The van der Waals surface area contributed by atoms with Crippen molar-refractivity contribution in [1.82, 2.24) is 4.98 Å². The summed E-state index contributed by atoms with van der Waals surface area (Å²) in [5.41, 5.74) is 0.238. The lowest BCUT2D eigenvalue weighted by molar-refractivity contribution is -0.288. The van der Waals surface area contributed by atoms with Gasteiger partial charge in [0.2, 0.25) is 0 Å². The van der Waals surface area contributed by atoms with Crippen molar-refractivity contribution in [3.8, 4) is 11.5 Å². The SMILES string of the molecule is COc1ccc(OC(C)(C)C2OCC(C/C=C\CCC(=O)O)C(c3cccnc3)O2)cc1. The second-order valence-corrected chi connectivity index (χ2v) is 8.29. The number of methoxy groups -OCH3 is 1. The molecule has 7 heteroatoms. The molecule has 3 rings (SSSR count). The third kappa shape index (κ3) is 6.55. The van der Waals surface area contributed by atoms with E-state index in [0.717, 1.165) is 11.3 Å². The van der Waals surface area contributed by atoms with Crippen LogP contribution < -0.4 is 9.47 Å². The lowest BCUT2D eigenvalue weighted by Crippen LogP contribution is -2.50. The second kappa shape index (κ2) is 11.1. The molecule has 1 saturated heterocycles. The third-order valence-electron chi connectivity index (χ3n) is 5.31. The molecule has 1 aliphatic rings. The molecule has 2 heterocycles. The van der Waals surface area contributed by atoms with Crippen LogP contribution in [-0.4, -0.2) is 41.7 Å². The molecule has 2 aromatic rings. The first kappa shape index (κ1) is 23.8. The van der Waals surface area contributed by atoms with Crippen molar-refractivity contribution in [3.63, 3.8) is 0 Å². The van der Waals surface area contributed by atoms with E-state index in [9.17, 15) is 4.79 Å². The molecule has 0 radical (unpaired) electrons. The van der Waals surface area contributed by atoms with Gasteiger partial charge in [0.05, 0.1) is 19.8 Å². The molecule has 0 spiro atoms. The Morgan fingerprint density at radius 2 is 1.97 bits per heavy atom. The average Bonchev–Trinajstić information content (AvgIpc) is 2.79. The van der Waals surface area contributed by atoms with Crippen LogP contribution in [0.3, 0.4) is 0 Å². The van der Waals surface area contributed by atoms with E-state index in [-0.39, 0.29) is 18.4 Å². The van der Waals surface area contributed by atoms with Gasteiger partial charge in [-0.05, 0) is 62.6 Å². The van der Waals surface area contributed by atoms with Gasteiger partial charge in [-0.15, -0.1) is 0 Å². The molecule has 0 saturated carbocycles. The smallest absolute Gasteiger partial charge is 0.303 e. The molecular weight excluding hydrogens is 410 g/mol. The fraction of sp³-hybridized carbons (Fsp3) is 0.440. The van der Waals surface area contributed by atoms with Crippen LogP contribution in [0, 0.1) is 5.92 Å². The van der Waals surface area contributed by atoms with Crippen LogP contribution in [0.5, 0.6) is 11.5 Å². The number of hydrogen-bond acceptors (Lipinski definition) is 6. The highest BCUT2D eigenvalue weighted by atomic mass is 16.7. The molecule has 3 unspecified atom stereocenters. The number of nitrogens with zero attached hydrogens (tertiary/aromatic N) is 1. The zero-order valence-electron chi connectivity index (χ0n) is 18.8. The Balaban J connectivity index is 1.69. The molecule has 0 bridgehead atoms. The van der Waals surface area contributed by atoms with Gasteiger partial charge in [0.25, 0.3) is 0 Å². The van der Waals surface area contributed by atoms with Crippen LogP contribution in [0.2, 0.25) is 0 Å². The normalized spacial score (nSPS) is 21.4. The summed E-state index contributed by atoms with van der Waals surface area (Å²) in [6.45, 7) is 4.37. The molecule has 1 aromatic heterocycles. The number of hydrogen-bond donors (Lipinski definition) is 1. The summed E-state index contributed by atoms with van der Waals surface area (Å²) in [5, 5.41) is 8.79. The summed E-state index contributed by atoms with van der Waals surface area (Å²) in [7, 11) is 1.62. The predicted molar refractivity (Wildman–Crippen MR) is 120 cm³/mol. The highest BCUT2D eigenvalue weighted by molar-refractivity contribution is 5.66. The van der Waals surface area contributed by atoms with Crippen molar-refractivity contribution in [2.24, 2.45) is 5.92 Å². The summed E-state index contributed by atoms with van der Waals surface area (Å²) < 4.78 is 23.9. The minimum atomic E-state index is -0.797. The second-order valence-electron chi connectivity index (χ2n) is 8.29. The maximum absolute atomic E-state index is 10.7. The van der Waals surface area contributed by atoms with Crippen LogP contribution in [0.15, 0.2) is 60.9 Å². The first-order valence-corrected chi connectivity index (χ1v) is 10.8. The van der Waals surface area contributed by atoms with Crippen molar-refractivity contribution in [2.45, 2.75) is 51.1 Å². The average molecular weight is 442 g/mol. The van der Waals surface area contributed by atoms with E-state index >= 15 is 0 Å². The van der Waals surface area contributed by atoms with Crippen LogP contribution in [0.4, 0.5) is 0 Å². The van der Waals surface area contributed by atoms with Gasteiger partial charge < -0.3 is 24.1 Å². The van der Waals surface area contributed by atoms with Crippen LogP contribution in [-0.2, 0) is 14.3 Å². The topological polar surface area (TPSA) is 87.1 Å². The Hall–Kier alpha value is -2.90. The number of carboxylic acids is 1. The summed E-state index contributed by atoms with van der Waals surface area (Å²) in [5.74, 6) is 0.739. The highest BCUT2D eigenvalue weighted by Gasteiger charge is 2.42. The highest BCUT2D eigenvalue weighted by Crippen LogP contribution is 2.38. The summed E-state index contributed by atoms with van der Waals surface area (Å²) in [6, 6.07) is 11.3. The quantitative estimate of drug-likeness (QED) is 0.531. The first-order valence-electron chi connectivity index (χ1n) is 10.8. The molecule has 1 fully saturated rings. The van der Waals surface area contributed by atoms with Gasteiger partial charge in [0.15, 0.2) is 11.9 Å². The van der Waals surface area contributed by atoms with E-state index in [4.69, 9.17) is 24.1 Å². The van der Waals surface area contributed by atoms with Crippen molar-refractivity contribution >= 4 is 5.97 Å². The van der Waals surface area contributed by atoms with Gasteiger partial charge in [-0.2, -0.15) is 0 Å². The number of rotatable bonds is 10. The maximum Gasteiger partial charge on any atom is 0.303 e. The summed E-state index contributed by atoms with van der Waals surface area (Å²) in [6.07, 6.45) is 7.99. The predicted octanol–water partition coefficient (Wildman–Crippen LogP) is 4.79. The molecule has 1 aromatic carbocycles. The number of carboxylic acid groups (broad SMARTS) is 1. The summed E-state index contributed by atoms with van der Waals surface area (Å²) >= 11 is 0. The molecule has 7 nitrogen and oxygen atoms in total. The third-order valence-corrected chi connectivity index (χ3v) is 5.31. The maximum atomic E-state index is 10.7. The largest absolute Gasteiger partial charge is 0.497 e. The number of pyridine rings is 1. The monoisotopic (exact) mass is 441 g/mol. The first-order chi connectivity index (χ1) is 15.4.